The van der Waals surface area contributed by atoms with Crippen LogP contribution in [0.1, 0.15) is 24.8 Å². The van der Waals surface area contributed by atoms with E-state index in [1.54, 1.807) is 6.07 Å². The molecule has 0 spiro atoms. The zero-order chi connectivity index (χ0) is 13.1. The molecule has 0 saturated heterocycles. The smallest absolute Gasteiger partial charge is 0.170 e. The summed E-state index contributed by atoms with van der Waals surface area (Å²) < 4.78 is 0. The van der Waals surface area contributed by atoms with E-state index in [1.165, 1.54) is 19.3 Å². The Labute approximate surface area is 112 Å². The molecule has 18 heavy (non-hydrogen) atoms. The van der Waals surface area contributed by atoms with E-state index in [-0.39, 0.29) is 5.84 Å². The fourth-order valence-electron chi connectivity index (χ4n) is 2.19. The summed E-state index contributed by atoms with van der Waals surface area (Å²) in [4.78, 5) is 2.17. The number of benzene rings is 1. The number of amidine groups is 1. The van der Waals surface area contributed by atoms with E-state index in [0.29, 0.717) is 10.6 Å². The molecule has 0 atom stereocenters. The molecule has 98 valence electrons. The molecule has 1 fully saturated rings. The molecule has 0 bridgehead atoms. The van der Waals surface area contributed by atoms with Gasteiger partial charge in [-0.2, -0.15) is 0 Å². The Kier molecular flexibility index (Phi) is 3.97. The molecular weight excluding hydrogens is 250 g/mol. The summed E-state index contributed by atoms with van der Waals surface area (Å²) in [6.07, 6.45) is 3.96. The fourth-order valence-corrected chi connectivity index (χ4v) is 2.52. The van der Waals surface area contributed by atoms with Crippen molar-refractivity contribution in [1.82, 2.24) is 0 Å². The molecule has 0 aliphatic heterocycles. The first kappa shape index (κ1) is 13.0. The first-order valence-electron chi connectivity index (χ1n) is 6.10. The van der Waals surface area contributed by atoms with Crippen LogP contribution in [0.3, 0.4) is 0 Å². The van der Waals surface area contributed by atoms with Crippen LogP contribution in [0, 0.1) is 5.92 Å². The lowest BCUT2D eigenvalue weighted by Crippen LogP contribution is -2.29. The Morgan fingerprint density at radius 3 is 2.78 bits per heavy atom. The highest BCUT2D eigenvalue weighted by Crippen LogP contribution is 2.31. The van der Waals surface area contributed by atoms with Gasteiger partial charge in [-0.25, -0.2) is 0 Å². The highest BCUT2D eigenvalue weighted by Gasteiger charge is 2.20. The normalized spacial score (nSPS) is 16.4. The summed E-state index contributed by atoms with van der Waals surface area (Å²) in [5.41, 5.74) is 7.14. The van der Waals surface area contributed by atoms with Crippen molar-refractivity contribution < 1.29 is 5.21 Å². The third-order valence-electron chi connectivity index (χ3n) is 3.52. The van der Waals surface area contributed by atoms with Crippen LogP contribution < -0.4 is 10.6 Å². The van der Waals surface area contributed by atoms with E-state index < -0.39 is 0 Å². The maximum absolute atomic E-state index is 8.63. The Morgan fingerprint density at radius 1 is 1.56 bits per heavy atom. The average Bonchev–Trinajstić information content (AvgIpc) is 2.32. The molecule has 1 saturated carbocycles. The van der Waals surface area contributed by atoms with E-state index in [2.05, 4.69) is 10.1 Å². The molecule has 0 aromatic heterocycles. The van der Waals surface area contributed by atoms with Crippen molar-refractivity contribution in [2.75, 3.05) is 18.5 Å². The summed E-state index contributed by atoms with van der Waals surface area (Å²) in [5, 5.41) is 12.2. The van der Waals surface area contributed by atoms with Gasteiger partial charge in [0.05, 0.1) is 10.7 Å². The lowest BCUT2D eigenvalue weighted by Gasteiger charge is -2.31. The van der Waals surface area contributed by atoms with Gasteiger partial charge in [-0.15, -0.1) is 0 Å². The van der Waals surface area contributed by atoms with Gasteiger partial charge in [-0.1, -0.05) is 23.2 Å². The molecule has 1 aromatic carbocycles. The van der Waals surface area contributed by atoms with Crippen molar-refractivity contribution in [3.8, 4) is 0 Å². The van der Waals surface area contributed by atoms with Crippen LogP contribution >= 0.6 is 11.6 Å². The fraction of sp³-hybridized carbons (Fsp3) is 0.462. The monoisotopic (exact) mass is 267 g/mol. The van der Waals surface area contributed by atoms with Crippen LogP contribution in [0.5, 0.6) is 0 Å². The van der Waals surface area contributed by atoms with Crippen LogP contribution in [0.15, 0.2) is 23.4 Å². The van der Waals surface area contributed by atoms with Crippen LogP contribution in [0.4, 0.5) is 5.69 Å². The van der Waals surface area contributed by atoms with E-state index in [1.807, 2.05) is 19.2 Å². The predicted octanol–water partition coefficient (Wildman–Crippen LogP) is 2.67. The molecule has 1 aliphatic carbocycles. The number of hydrogen-bond acceptors (Lipinski definition) is 3. The molecule has 4 nitrogen and oxygen atoms in total. The van der Waals surface area contributed by atoms with E-state index in [9.17, 15) is 0 Å². The number of oxime groups is 1. The van der Waals surface area contributed by atoms with Gasteiger partial charge >= 0.3 is 0 Å². The van der Waals surface area contributed by atoms with Crippen molar-refractivity contribution in [1.29, 1.82) is 0 Å². The minimum atomic E-state index is 0.0742. The molecule has 2 rings (SSSR count). The van der Waals surface area contributed by atoms with Crippen LogP contribution in [0.25, 0.3) is 0 Å². The highest BCUT2D eigenvalue weighted by molar-refractivity contribution is 6.33. The van der Waals surface area contributed by atoms with Gasteiger partial charge in [0.25, 0.3) is 0 Å². The lowest BCUT2D eigenvalue weighted by molar-refractivity contribution is 0.318. The second-order valence-corrected chi connectivity index (χ2v) is 5.24. The van der Waals surface area contributed by atoms with Gasteiger partial charge in [-0.05, 0) is 37.0 Å². The minimum Gasteiger partial charge on any atom is -0.409 e. The first-order chi connectivity index (χ1) is 8.61. The standard InChI is InChI=1S/C13H18ClN3O/c1-17(8-9-3-2-4-9)12-6-5-10(7-11(12)14)13(15)16-18/h5-7,9,18H,2-4,8H2,1H3,(H2,15,16). The summed E-state index contributed by atoms with van der Waals surface area (Å²) >= 11 is 6.24. The number of anilines is 1. The number of hydrogen-bond donors (Lipinski definition) is 2. The molecule has 3 N–H and O–H groups in total. The Bertz CT molecular complexity index is 458. The van der Waals surface area contributed by atoms with Gasteiger partial charge in [0, 0.05) is 19.2 Å². The second kappa shape index (κ2) is 5.48. The number of nitrogens with zero attached hydrogens (tertiary/aromatic N) is 2. The molecule has 0 amide bonds. The first-order valence-corrected chi connectivity index (χ1v) is 6.48. The van der Waals surface area contributed by atoms with Crippen LogP contribution in [0.2, 0.25) is 5.02 Å². The van der Waals surface area contributed by atoms with Gasteiger partial charge in [0.15, 0.2) is 5.84 Å². The van der Waals surface area contributed by atoms with Gasteiger partial charge < -0.3 is 15.8 Å². The molecule has 5 heteroatoms. The maximum atomic E-state index is 8.63. The lowest BCUT2D eigenvalue weighted by atomic mass is 9.85. The molecule has 0 unspecified atom stereocenters. The van der Waals surface area contributed by atoms with E-state index >= 15 is 0 Å². The zero-order valence-electron chi connectivity index (χ0n) is 10.4. The van der Waals surface area contributed by atoms with Gasteiger partial charge in [0.2, 0.25) is 0 Å². The number of nitrogens with two attached hydrogens (primary N) is 1. The van der Waals surface area contributed by atoms with Gasteiger partial charge in [-0.3, -0.25) is 0 Å². The number of halogens is 1. The molecule has 0 radical (unpaired) electrons. The van der Waals surface area contributed by atoms with Crippen molar-refractivity contribution >= 4 is 23.1 Å². The van der Waals surface area contributed by atoms with E-state index in [0.717, 1.165) is 18.2 Å². The number of rotatable bonds is 4. The van der Waals surface area contributed by atoms with Crippen molar-refractivity contribution in [3.63, 3.8) is 0 Å². The minimum absolute atomic E-state index is 0.0742. The van der Waals surface area contributed by atoms with E-state index in [4.69, 9.17) is 22.5 Å². The largest absolute Gasteiger partial charge is 0.409 e. The van der Waals surface area contributed by atoms with Crippen molar-refractivity contribution in [3.05, 3.63) is 28.8 Å². The Hall–Kier alpha value is -1.42. The van der Waals surface area contributed by atoms with Gasteiger partial charge in [0.1, 0.15) is 0 Å². The molecule has 0 heterocycles. The predicted molar refractivity (Wildman–Crippen MR) is 74.6 cm³/mol. The SMILES string of the molecule is CN(CC1CCC1)c1ccc(C(N)=NO)cc1Cl. The third-order valence-corrected chi connectivity index (χ3v) is 3.82. The topological polar surface area (TPSA) is 61.8 Å². The summed E-state index contributed by atoms with van der Waals surface area (Å²) in [6, 6.07) is 5.45. The van der Waals surface area contributed by atoms with Crippen molar-refractivity contribution in [2.45, 2.75) is 19.3 Å². The molecule has 1 aliphatic rings. The average molecular weight is 268 g/mol. The molecular formula is C13H18ClN3O. The van der Waals surface area contributed by atoms with Crippen molar-refractivity contribution in [2.24, 2.45) is 16.8 Å². The zero-order valence-corrected chi connectivity index (χ0v) is 11.2. The highest BCUT2D eigenvalue weighted by atomic mass is 35.5. The summed E-state index contributed by atoms with van der Waals surface area (Å²) in [5.74, 6) is 0.861. The molecule has 1 aromatic rings. The second-order valence-electron chi connectivity index (χ2n) is 4.83. The van der Waals surface area contributed by atoms with Crippen LogP contribution in [-0.4, -0.2) is 24.6 Å². The Balaban J connectivity index is 2.13. The quantitative estimate of drug-likeness (QED) is 0.382. The maximum Gasteiger partial charge on any atom is 0.170 e. The Morgan fingerprint density at radius 2 is 2.28 bits per heavy atom. The van der Waals surface area contributed by atoms with Crippen LogP contribution in [-0.2, 0) is 0 Å². The summed E-state index contributed by atoms with van der Waals surface area (Å²) in [6.45, 7) is 1.03. The third kappa shape index (κ3) is 2.70. The summed E-state index contributed by atoms with van der Waals surface area (Å²) in [7, 11) is 2.04.